The number of hydrogen-bond acceptors (Lipinski definition) is 0. The molecule has 0 aromatic heterocycles. The van der Waals surface area contributed by atoms with E-state index in [-0.39, 0.29) is 29.4 Å². The van der Waals surface area contributed by atoms with Crippen LogP contribution in [0, 0.1) is 0 Å². The van der Waals surface area contributed by atoms with E-state index in [4.69, 9.17) is 0 Å². The highest BCUT2D eigenvalue weighted by molar-refractivity contribution is 4.49. The summed E-state index contributed by atoms with van der Waals surface area (Å²) in [6, 6.07) is 0. The topological polar surface area (TPSA) is 27.6 Å². The van der Waals surface area contributed by atoms with Crippen molar-refractivity contribution >= 4 is 0 Å². The first kappa shape index (κ1) is 42.8. The Morgan fingerprint density at radius 1 is 0.400 bits per heavy atom. The van der Waals surface area contributed by atoms with Crippen LogP contribution in [0.25, 0.3) is 0 Å². The summed E-state index contributed by atoms with van der Waals surface area (Å²) in [5, 5.41) is 0. The van der Waals surface area contributed by atoms with Gasteiger partial charge in [0, 0.05) is 0 Å². The molecule has 0 aliphatic heterocycles. The zero-order valence-corrected chi connectivity index (χ0v) is 27.6. The Bertz CT molecular complexity index is 324. The standard InChI is InChI=1S/C19H42N.C12H27N.BrH.ClH/c1-5-6-7-8-9-10-11-12-13-14-15-16-17-18-19-20(2,3)4;1-2-3-4-5-6-7-8-9-10-11-12-13;;/h5-19H2,1-4H3;2-13H2,1H3;2*1H/q+1;;;/p-1. The van der Waals surface area contributed by atoms with Crippen molar-refractivity contribution in [3.8, 4) is 0 Å². The minimum Gasteiger partial charge on any atom is -1.00 e. The van der Waals surface area contributed by atoms with Crippen molar-refractivity contribution in [1.82, 2.24) is 0 Å². The molecule has 0 saturated heterocycles. The zero-order valence-electron chi connectivity index (χ0n) is 25.3. The first-order valence-electron chi connectivity index (χ1n) is 15.6. The first-order chi connectivity index (χ1) is 16.0. The molecule has 0 saturated carbocycles. The van der Waals surface area contributed by atoms with Gasteiger partial charge in [-0.2, -0.15) is 0 Å². The van der Waals surface area contributed by atoms with Gasteiger partial charge in [-0.3, -0.25) is 0 Å². The first-order valence-corrected chi connectivity index (χ1v) is 15.6. The molecule has 218 valence electrons. The minimum absolute atomic E-state index is 0. The number of unbranched alkanes of at least 4 members (excludes halogenated alkanes) is 22. The van der Waals surface area contributed by atoms with Gasteiger partial charge in [-0.05, 0) is 25.7 Å². The Labute approximate surface area is 241 Å². The van der Waals surface area contributed by atoms with Crippen LogP contribution in [-0.4, -0.2) is 38.7 Å². The van der Waals surface area contributed by atoms with Crippen LogP contribution in [0.5, 0.6) is 0 Å². The van der Waals surface area contributed by atoms with Crippen molar-refractivity contribution in [2.24, 2.45) is 0 Å². The highest BCUT2D eigenvalue weighted by Crippen LogP contribution is 2.13. The number of nitrogens with zero attached hydrogens (tertiary/aromatic N) is 1. The molecule has 0 heterocycles. The van der Waals surface area contributed by atoms with Crippen LogP contribution >= 0.6 is 0 Å². The number of quaternary nitrogens is 2. The largest absolute Gasteiger partial charge is 1.00 e. The van der Waals surface area contributed by atoms with E-state index >= 15 is 0 Å². The second-order valence-corrected chi connectivity index (χ2v) is 11.6. The van der Waals surface area contributed by atoms with Crippen molar-refractivity contribution in [1.29, 1.82) is 0 Å². The molecule has 0 bridgehead atoms. The molecule has 0 aromatic carbocycles. The van der Waals surface area contributed by atoms with E-state index in [0.29, 0.717) is 0 Å². The van der Waals surface area contributed by atoms with Crippen LogP contribution < -0.4 is 35.1 Å². The summed E-state index contributed by atoms with van der Waals surface area (Å²) in [7, 11) is 6.88. The lowest BCUT2D eigenvalue weighted by Gasteiger charge is -2.23. The van der Waals surface area contributed by atoms with Gasteiger partial charge in [0.15, 0.2) is 0 Å². The Morgan fingerprint density at radius 2 is 0.629 bits per heavy atom. The Balaban J connectivity index is -0.000000281. The van der Waals surface area contributed by atoms with Gasteiger partial charge >= 0.3 is 0 Å². The molecule has 3 N–H and O–H groups in total. The third kappa shape index (κ3) is 48.3. The summed E-state index contributed by atoms with van der Waals surface area (Å²) in [4.78, 5) is 0. The normalized spacial score (nSPS) is 10.8. The monoisotopic (exact) mass is 584 g/mol. The highest BCUT2D eigenvalue weighted by Gasteiger charge is 2.04. The SMILES string of the molecule is CCCCCCCCCCCCCCCC[N+](C)(C)C.CCCCCCCCCCCC[NH3+].[Br-].[Cl-]. The van der Waals surface area contributed by atoms with E-state index in [0.717, 1.165) is 11.0 Å². The van der Waals surface area contributed by atoms with Crippen molar-refractivity contribution in [2.45, 2.75) is 168 Å². The number of rotatable bonds is 25. The van der Waals surface area contributed by atoms with E-state index in [1.807, 2.05) is 0 Å². The molecule has 0 aliphatic carbocycles. The molecule has 0 aromatic rings. The molecule has 0 radical (unpaired) electrons. The van der Waals surface area contributed by atoms with Gasteiger partial charge in [0.05, 0.1) is 34.2 Å². The van der Waals surface area contributed by atoms with E-state index in [1.54, 1.807) is 0 Å². The lowest BCUT2D eigenvalue weighted by Crippen LogP contribution is -3.00. The fourth-order valence-electron chi connectivity index (χ4n) is 4.44. The van der Waals surface area contributed by atoms with Gasteiger partial charge in [0.1, 0.15) is 0 Å². The van der Waals surface area contributed by atoms with Gasteiger partial charge in [-0.25, -0.2) is 0 Å². The highest BCUT2D eigenvalue weighted by atomic mass is 79.9. The van der Waals surface area contributed by atoms with Crippen LogP contribution in [0.1, 0.15) is 168 Å². The predicted octanol–water partition coefficient (Wildman–Crippen LogP) is 3.33. The molecule has 0 fully saturated rings. The second-order valence-electron chi connectivity index (χ2n) is 11.6. The molecule has 4 heteroatoms. The summed E-state index contributed by atoms with van der Waals surface area (Å²) in [5.41, 5.74) is 3.85. The summed E-state index contributed by atoms with van der Waals surface area (Å²) < 4.78 is 1.12. The summed E-state index contributed by atoms with van der Waals surface area (Å²) in [6.45, 7) is 7.02. The third-order valence-corrected chi connectivity index (χ3v) is 6.79. The molecule has 2 nitrogen and oxygen atoms in total. The maximum absolute atomic E-state index is 3.85. The molecule has 0 spiro atoms. The predicted molar refractivity (Wildman–Crippen MR) is 153 cm³/mol. The lowest BCUT2D eigenvalue weighted by molar-refractivity contribution is -0.870. The molecular formula is C31H70BrClN2. The summed E-state index contributed by atoms with van der Waals surface area (Å²) in [5.74, 6) is 0. The summed E-state index contributed by atoms with van der Waals surface area (Å²) in [6.07, 6.45) is 34.6. The fraction of sp³-hybridized carbons (Fsp3) is 1.00. The number of halogens is 2. The zero-order chi connectivity index (χ0) is 24.9. The fourth-order valence-corrected chi connectivity index (χ4v) is 4.44. The van der Waals surface area contributed by atoms with Gasteiger partial charge in [-0.1, -0.05) is 142 Å². The Morgan fingerprint density at radius 3 is 0.857 bits per heavy atom. The average Bonchev–Trinajstić information content (AvgIpc) is 2.78. The van der Waals surface area contributed by atoms with E-state index in [2.05, 4.69) is 40.7 Å². The van der Waals surface area contributed by atoms with Crippen LogP contribution in [-0.2, 0) is 0 Å². The van der Waals surface area contributed by atoms with E-state index in [9.17, 15) is 0 Å². The van der Waals surface area contributed by atoms with Crippen molar-refractivity contribution in [3.63, 3.8) is 0 Å². The summed E-state index contributed by atoms with van der Waals surface area (Å²) >= 11 is 0. The Kier molecular flexibility index (Phi) is 45.0. The van der Waals surface area contributed by atoms with Crippen molar-refractivity contribution in [3.05, 3.63) is 0 Å². The van der Waals surface area contributed by atoms with Crippen LogP contribution in [0.2, 0.25) is 0 Å². The molecule has 0 atom stereocenters. The quantitative estimate of drug-likeness (QED) is 0.126. The van der Waals surface area contributed by atoms with Gasteiger partial charge in [-0.15, -0.1) is 0 Å². The molecule has 0 amide bonds. The maximum atomic E-state index is 3.85. The van der Waals surface area contributed by atoms with Gasteiger partial charge < -0.3 is 39.6 Å². The van der Waals surface area contributed by atoms with Crippen molar-refractivity contribution < 1.29 is 39.6 Å². The third-order valence-electron chi connectivity index (χ3n) is 6.79. The average molecular weight is 586 g/mol. The Hall–Kier alpha value is 0.690. The minimum atomic E-state index is 0. The van der Waals surface area contributed by atoms with Crippen LogP contribution in [0.4, 0.5) is 0 Å². The van der Waals surface area contributed by atoms with Crippen LogP contribution in [0.15, 0.2) is 0 Å². The van der Waals surface area contributed by atoms with Crippen LogP contribution in [0.3, 0.4) is 0 Å². The molecule has 0 aliphatic rings. The lowest BCUT2D eigenvalue weighted by atomic mass is 10.0. The van der Waals surface area contributed by atoms with E-state index in [1.165, 1.54) is 161 Å². The van der Waals surface area contributed by atoms with Crippen molar-refractivity contribution in [2.75, 3.05) is 34.2 Å². The number of hydrogen-bond donors (Lipinski definition) is 1. The molecule has 0 rings (SSSR count). The van der Waals surface area contributed by atoms with Gasteiger partial charge in [0.2, 0.25) is 0 Å². The molecular weight excluding hydrogens is 516 g/mol. The van der Waals surface area contributed by atoms with Gasteiger partial charge in [0.25, 0.3) is 0 Å². The maximum Gasteiger partial charge on any atom is 0.0780 e. The molecule has 0 unspecified atom stereocenters. The smallest absolute Gasteiger partial charge is 0.0780 e. The molecule has 35 heavy (non-hydrogen) atoms. The van der Waals surface area contributed by atoms with E-state index < -0.39 is 0 Å². The second kappa shape index (κ2) is 36.8.